The predicted molar refractivity (Wildman–Crippen MR) is 88.8 cm³/mol. The quantitative estimate of drug-likeness (QED) is 0.878. The van der Waals surface area contributed by atoms with Crippen LogP contribution in [0.25, 0.3) is 0 Å². The minimum absolute atomic E-state index is 0.0956. The first-order valence-electron chi connectivity index (χ1n) is 8.78. The molecule has 0 spiro atoms. The minimum atomic E-state index is -0.433. The number of likely N-dealkylation sites (tertiary alicyclic amines) is 1. The fourth-order valence-electron chi connectivity index (χ4n) is 3.25. The lowest BCUT2D eigenvalue weighted by Gasteiger charge is -2.35. The monoisotopic (exact) mass is 317 g/mol. The lowest BCUT2D eigenvalue weighted by molar-refractivity contribution is -0.145. The molecule has 23 heavy (non-hydrogen) atoms. The smallest absolute Gasteiger partial charge is 0.251 e. The summed E-state index contributed by atoms with van der Waals surface area (Å²) in [4.78, 5) is 14.3. The van der Waals surface area contributed by atoms with Crippen molar-refractivity contribution in [1.29, 1.82) is 0 Å². The van der Waals surface area contributed by atoms with Crippen molar-refractivity contribution >= 4 is 5.91 Å². The van der Waals surface area contributed by atoms with Gasteiger partial charge >= 0.3 is 0 Å². The van der Waals surface area contributed by atoms with Crippen LogP contribution in [0.2, 0.25) is 0 Å². The molecular weight excluding hydrogens is 290 g/mol. The summed E-state index contributed by atoms with van der Waals surface area (Å²) in [5, 5.41) is 10.5. The Hall–Kier alpha value is -1.39. The second kappa shape index (κ2) is 7.45. The van der Waals surface area contributed by atoms with Gasteiger partial charge in [0.1, 0.15) is 6.10 Å². The number of amides is 1. The van der Waals surface area contributed by atoms with Gasteiger partial charge in [-0.25, -0.2) is 0 Å². The van der Waals surface area contributed by atoms with E-state index in [2.05, 4.69) is 0 Å². The van der Waals surface area contributed by atoms with Crippen molar-refractivity contribution in [2.24, 2.45) is 11.8 Å². The summed E-state index contributed by atoms with van der Waals surface area (Å²) in [5.41, 5.74) is 0.971. The summed E-state index contributed by atoms with van der Waals surface area (Å²) in [5.74, 6) is 0.999. The SMILES string of the molecule is CC(OCC1CC1)C(=O)N1CCC(C(O)c2ccccc2)CC1. The maximum atomic E-state index is 12.4. The largest absolute Gasteiger partial charge is 0.388 e. The van der Waals surface area contributed by atoms with Gasteiger partial charge in [-0.3, -0.25) is 4.79 Å². The molecule has 2 aliphatic rings. The number of benzene rings is 1. The molecule has 1 aromatic carbocycles. The highest BCUT2D eigenvalue weighted by Crippen LogP contribution is 2.31. The summed E-state index contributed by atoms with van der Waals surface area (Å²) < 4.78 is 5.68. The number of piperidine rings is 1. The average molecular weight is 317 g/mol. The van der Waals surface area contributed by atoms with Crippen molar-refractivity contribution < 1.29 is 14.6 Å². The Bertz CT molecular complexity index is 507. The van der Waals surface area contributed by atoms with E-state index in [0.29, 0.717) is 19.0 Å². The second-order valence-corrected chi connectivity index (χ2v) is 6.94. The van der Waals surface area contributed by atoms with E-state index in [4.69, 9.17) is 4.74 Å². The number of hydrogen-bond donors (Lipinski definition) is 1. The third-order valence-electron chi connectivity index (χ3n) is 5.07. The number of aliphatic hydroxyl groups excluding tert-OH is 1. The maximum Gasteiger partial charge on any atom is 0.251 e. The fourth-order valence-corrected chi connectivity index (χ4v) is 3.25. The van der Waals surface area contributed by atoms with Gasteiger partial charge in [-0.15, -0.1) is 0 Å². The molecule has 126 valence electrons. The van der Waals surface area contributed by atoms with E-state index in [-0.39, 0.29) is 17.9 Å². The van der Waals surface area contributed by atoms with Crippen LogP contribution in [-0.2, 0) is 9.53 Å². The molecular formula is C19H27NO3. The van der Waals surface area contributed by atoms with E-state index in [0.717, 1.165) is 25.0 Å². The zero-order chi connectivity index (χ0) is 16.2. The summed E-state index contributed by atoms with van der Waals surface area (Å²) in [6.45, 7) is 4.00. The number of hydrogen-bond acceptors (Lipinski definition) is 3. The van der Waals surface area contributed by atoms with Gasteiger partial charge in [0.25, 0.3) is 5.91 Å². The van der Waals surface area contributed by atoms with Crippen LogP contribution in [0.3, 0.4) is 0 Å². The molecule has 4 heteroatoms. The predicted octanol–water partition coefficient (Wildman–Crippen LogP) is 2.77. The van der Waals surface area contributed by atoms with Gasteiger partial charge in [0.15, 0.2) is 0 Å². The van der Waals surface area contributed by atoms with Gasteiger partial charge in [-0.1, -0.05) is 30.3 Å². The van der Waals surface area contributed by atoms with Gasteiger partial charge in [-0.2, -0.15) is 0 Å². The van der Waals surface area contributed by atoms with Crippen molar-refractivity contribution in [2.75, 3.05) is 19.7 Å². The van der Waals surface area contributed by atoms with Crippen molar-refractivity contribution in [1.82, 2.24) is 4.90 Å². The van der Waals surface area contributed by atoms with Crippen LogP contribution in [0, 0.1) is 11.8 Å². The summed E-state index contributed by atoms with van der Waals surface area (Å²) in [6.07, 6.45) is 3.39. The molecule has 0 bridgehead atoms. The van der Waals surface area contributed by atoms with Crippen molar-refractivity contribution in [3.8, 4) is 0 Å². The third-order valence-corrected chi connectivity index (χ3v) is 5.07. The van der Waals surface area contributed by atoms with Crippen molar-refractivity contribution in [3.63, 3.8) is 0 Å². The lowest BCUT2D eigenvalue weighted by atomic mass is 9.87. The minimum Gasteiger partial charge on any atom is -0.388 e. The Balaban J connectivity index is 1.46. The molecule has 1 saturated heterocycles. The molecule has 1 heterocycles. The zero-order valence-electron chi connectivity index (χ0n) is 13.9. The highest BCUT2D eigenvalue weighted by atomic mass is 16.5. The molecule has 1 amide bonds. The van der Waals surface area contributed by atoms with Crippen LogP contribution in [0.4, 0.5) is 0 Å². The molecule has 0 radical (unpaired) electrons. The Morgan fingerprint density at radius 3 is 2.48 bits per heavy atom. The van der Waals surface area contributed by atoms with Crippen LogP contribution < -0.4 is 0 Å². The molecule has 1 N–H and O–H groups in total. The summed E-state index contributed by atoms with van der Waals surface area (Å²) in [6, 6.07) is 9.80. The number of aliphatic hydroxyl groups is 1. The van der Waals surface area contributed by atoms with Crippen molar-refractivity contribution in [3.05, 3.63) is 35.9 Å². The van der Waals surface area contributed by atoms with Crippen LogP contribution in [0.1, 0.15) is 44.3 Å². The van der Waals surface area contributed by atoms with Gasteiger partial charge in [0, 0.05) is 13.1 Å². The Morgan fingerprint density at radius 1 is 1.22 bits per heavy atom. The van der Waals surface area contributed by atoms with Gasteiger partial charge in [0.2, 0.25) is 0 Å². The normalized spacial score (nSPS) is 21.9. The molecule has 2 fully saturated rings. The molecule has 1 saturated carbocycles. The van der Waals surface area contributed by atoms with E-state index in [9.17, 15) is 9.90 Å². The molecule has 0 aromatic heterocycles. The molecule has 1 aliphatic carbocycles. The summed E-state index contributed by atoms with van der Waals surface area (Å²) >= 11 is 0. The Labute approximate surface area is 138 Å². The van der Waals surface area contributed by atoms with Crippen LogP contribution >= 0.6 is 0 Å². The number of ether oxygens (including phenoxy) is 1. The van der Waals surface area contributed by atoms with E-state index < -0.39 is 6.10 Å². The zero-order valence-corrected chi connectivity index (χ0v) is 13.9. The molecule has 2 atom stereocenters. The number of rotatable bonds is 6. The molecule has 1 aliphatic heterocycles. The van der Waals surface area contributed by atoms with Crippen LogP contribution in [-0.4, -0.2) is 41.7 Å². The molecule has 2 unspecified atom stereocenters. The van der Waals surface area contributed by atoms with E-state index in [1.807, 2.05) is 42.2 Å². The highest BCUT2D eigenvalue weighted by Gasteiger charge is 2.31. The topological polar surface area (TPSA) is 49.8 Å². The average Bonchev–Trinajstić information content (AvgIpc) is 3.43. The van der Waals surface area contributed by atoms with E-state index in [1.54, 1.807) is 0 Å². The van der Waals surface area contributed by atoms with E-state index in [1.165, 1.54) is 12.8 Å². The van der Waals surface area contributed by atoms with Crippen LogP contribution in [0.5, 0.6) is 0 Å². The Morgan fingerprint density at radius 2 is 1.87 bits per heavy atom. The first-order valence-corrected chi connectivity index (χ1v) is 8.78. The van der Waals surface area contributed by atoms with Gasteiger partial charge in [0.05, 0.1) is 12.7 Å². The van der Waals surface area contributed by atoms with Crippen molar-refractivity contribution in [2.45, 2.75) is 44.8 Å². The Kier molecular flexibility index (Phi) is 5.34. The fraction of sp³-hybridized carbons (Fsp3) is 0.632. The van der Waals surface area contributed by atoms with Crippen LogP contribution in [0.15, 0.2) is 30.3 Å². The van der Waals surface area contributed by atoms with E-state index >= 15 is 0 Å². The maximum absolute atomic E-state index is 12.4. The number of carbonyl (C=O) groups is 1. The standard InChI is InChI=1S/C19H27NO3/c1-14(23-13-15-7-8-15)19(22)20-11-9-17(10-12-20)18(21)16-5-3-2-4-6-16/h2-6,14-15,17-18,21H,7-13H2,1H3. The third kappa shape index (κ3) is 4.33. The second-order valence-electron chi connectivity index (χ2n) is 6.94. The van der Waals surface area contributed by atoms with Gasteiger partial charge < -0.3 is 14.7 Å². The van der Waals surface area contributed by atoms with Gasteiger partial charge in [-0.05, 0) is 50.0 Å². The molecule has 1 aromatic rings. The lowest BCUT2D eigenvalue weighted by Crippen LogP contribution is -2.44. The number of carbonyl (C=O) groups excluding carboxylic acids is 1. The number of nitrogens with zero attached hydrogens (tertiary/aromatic N) is 1. The first kappa shape index (κ1) is 16.5. The first-order chi connectivity index (χ1) is 11.1. The molecule has 3 rings (SSSR count). The molecule has 4 nitrogen and oxygen atoms in total. The summed E-state index contributed by atoms with van der Waals surface area (Å²) in [7, 11) is 0. The highest BCUT2D eigenvalue weighted by molar-refractivity contribution is 5.80.